The topological polar surface area (TPSA) is 77.5 Å². The van der Waals surface area contributed by atoms with E-state index in [1.807, 2.05) is 0 Å². The third-order valence-corrected chi connectivity index (χ3v) is 5.87. The van der Waals surface area contributed by atoms with Gasteiger partial charge in [0.05, 0.1) is 9.77 Å². The number of hydrogen-bond acceptors (Lipinski definition) is 6. The molecule has 154 valence electrons. The van der Waals surface area contributed by atoms with Gasteiger partial charge in [-0.1, -0.05) is 11.6 Å². The fraction of sp³-hybridized carbons (Fsp3) is 0.118. The number of halogens is 4. The molecular formula is C17H12ClF3N2O4S2. The highest BCUT2D eigenvalue weighted by atomic mass is 35.5. The van der Waals surface area contributed by atoms with E-state index in [1.165, 1.54) is 35.6 Å². The number of ether oxygens (including phenoxy) is 2. The Balaban J connectivity index is 1.63. The Hall–Kier alpha value is -2.50. The largest absolute Gasteiger partial charge is 0.573 e. The van der Waals surface area contributed by atoms with E-state index in [1.54, 1.807) is 6.20 Å². The van der Waals surface area contributed by atoms with Crippen LogP contribution in [0.1, 0.15) is 4.88 Å². The first-order chi connectivity index (χ1) is 13.6. The van der Waals surface area contributed by atoms with E-state index in [9.17, 15) is 21.6 Å². The van der Waals surface area contributed by atoms with Crippen molar-refractivity contribution >= 4 is 38.6 Å². The van der Waals surface area contributed by atoms with Crippen LogP contribution in [-0.2, 0) is 16.6 Å². The number of sulfonamides is 1. The number of thiazole rings is 1. The SMILES string of the molecule is O=S(=O)(Nc1ccc(OC(F)(F)F)cc1)c1ccc(OCc2cnc(Cl)s2)cc1. The van der Waals surface area contributed by atoms with E-state index in [-0.39, 0.29) is 17.2 Å². The molecule has 0 amide bonds. The second-order valence-corrected chi connectivity index (χ2v) is 8.90. The molecule has 1 heterocycles. The average molecular weight is 465 g/mol. The molecule has 2 aromatic carbocycles. The van der Waals surface area contributed by atoms with Gasteiger partial charge in [0, 0.05) is 11.9 Å². The summed E-state index contributed by atoms with van der Waals surface area (Å²) in [4.78, 5) is 4.66. The molecule has 0 spiro atoms. The average Bonchev–Trinajstić information content (AvgIpc) is 3.06. The number of benzene rings is 2. The molecule has 0 saturated heterocycles. The van der Waals surface area contributed by atoms with E-state index in [0.29, 0.717) is 10.2 Å². The predicted molar refractivity (Wildman–Crippen MR) is 102 cm³/mol. The lowest BCUT2D eigenvalue weighted by molar-refractivity contribution is -0.274. The van der Waals surface area contributed by atoms with Gasteiger partial charge < -0.3 is 9.47 Å². The highest BCUT2D eigenvalue weighted by Crippen LogP contribution is 2.26. The number of rotatable bonds is 7. The van der Waals surface area contributed by atoms with Gasteiger partial charge in [-0.3, -0.25) is 4.72 Å². The van der Waals surface area contributed by atoms with Crippen molar-refractivity contribution in [1.29, 1.82) is 0 Å². The number of nitrogens with one attached hydrogen (secondary N) is 1. The molecule has 0 aliphatic rings. The summed E-state index contributed by atoms with van der Waals surface area (Å²) >= 11 is 7.01. The number of alkyl halides is 3. The molecule has 0 bridgehead atoms. The molecular weight excluding hydrogens is 453 g/mol. The summed E-state index contributed by atoms with van der Waals surface area (Å²) < 4.78 is 73.3. The normalized spacial score (nSPS) is 11.9. The predicted octanol–water partition coefficient (Wildman–Crippen LogP) is 5.07. The molecule has 29 heavy (non-hydrogen) atoms. The van der Waals surface area contributed by atoms with E-state index in [4.69, 9.17) is 16.3 Å². The summed E-state index contributed by atoms with van der Waals surface area (Å²) in [6.07, 6.45) is -3.24. The van der Waals surface area contributed by atoms with Gasteiger partial charge >= 0.3 is 6.36 Å². The quantitative estimate of drug-likeness (QED) is 0.528. The Morgan fingerprint density at radius 1 is 1.03 bits per heavy atom. The van der Waals surface area contributed by atoms with E-state index >= 15 is 0 Å². The maximum absolute atomic E-state index is 12.4. The fourth-order valence-electron chi connectivity index (χ4n) is 2.16. The Bertz CT molecular complexity index is 1070. The van der Waals surface area contributed by atoms with Crippen LogP contribution in [0.2, 0.25) is 4.47 Å². The van der Waals surface area contributed by atoms with Crippen molar-refractivity contribution in [3.63, 3.8) is 0 Å². The Kier molecular flexibility index (Phi) is 6.20. The van der Waals surface area contributed by atoms with Gasteiger partial charge in [-0.2, -0.15) is 0 Å². The molecule has 3 rings (SSSR count). The maximum Gasteiger partial charge on any atom is 0.573 e. The molecule has 1 aromatic heterocycles. The maximum atomic E-state index is 12.4. The highest BCUT2D eigenvalue weighted by Gasteiger charge is 2.31. The van der Waals surface area contributed by atoms with Gasteiger partial charge in [0.25, 0.3) is 10.0 Å². The lowest BCUT2D eigenvalue weighted by atomic mass is 10.3. The zero-order chi connectivity index (χ0) is 21.1. The molecule has 0 atom stereocenters. The van der Waals surface area contributed by atoms with Gasteiger partial charge in [-0.15, -0.1) is 24.5 Å². The van der Waals surface area contributed by atoms with Gasteiger partial charge in [0.1, 0.15) is 18.1 Å². The number of anilines is 1. The minimum Gasteiger partial charge on any atom is -0.488 e. The Morgan fingerprint density at radius 3 is 2.21 bits per heavy atom. The third-order valence-electron chi connectivity index (χ3n) is 3.38. The van der Waals surface area contributed by atoms with Crippen LogP contribution in [0.4, 0.5) is 18.9 Å². The molecule has 0 radical (unpaired) electrons. The second kappa shape index (κ2) is 8.47. The van der Waals surface area contributed by atoms with Crippen molar-refractivity contribution < 1.29 is 31.1 Å². The van der Waals surface area contributed by atoms with Crippen LogP contribution in [0.3, 0.4) is 0 Å². The second-order valence-electron chi connectivity index (χ2n) is 5.52. The molecule has 1 N–H and O–H groups in total. The first kappa shape index (κ1) is 21.2. The Morgan fingerprint density at radius 2 is 1.66 bits per heavy atom. The molecule has 0 aliphatic heterocycles. The van der Waals surface area contributed by atoms with Crippen LogP contribution >= 0.6 is 22.9 Å². The summed E-state index contributed by atoms with van der Waals surface area (Å²) in [6.45, 7) is 0.237. The van der Waals surface area contributed by atoms with E-state index in [0.717, 1.165) is 29.1 Å². The summed E-state index contributed by atoms with van der Waals surface area (Å²) in [5.41, 5.74) is 0.0851. The molecule has 3 aromatic rings. The molecule has 6 nitrogen and oxygen atoms in total. The van der Waals surface area contributed by atoms with Crippen molar-refractivity contribution in [3.05, 3.63) is 64.1 Å². The van der Waals surface area contributed by atoms with Crippen molar-refractivity contribution in [1.82, 2.24) is 4.98 Å². The van der Waals surface area contributed by atoms with Gasteiger partial charge in [-0.05, 0) is 48.5 Å². The van der Waals surface area contributed by atoms with Crippen molar-refractivity contribution in [2.75, 3.05) is 4.72 Å². The van der Waals surface area contributed by atoms with Crippen LogP contribution in [0.15, 0.2) is 59.6 Å². The summed E-state index contributed by atoms with van der Waals surface area (Å²) in [6, 6.07) is 10.0. The van der Waals surface area contributed by atoms with E-state index < -0.39 is 22.1 Å². The first-order valence-electron chi connectivity index (χ1n) is 7.82. The summed E-state index contributed by atoms with van der Waals surface area (Å²) in [5.74, 6) is -0.00805. The summed E-state index contributed by atoms with van der Waals surface area (Å²) in [5, 5.41) is 0. The monoisotopic (exact) mass is 464 g/mol. The van der Waals surface area contributed by atoms with Crippen LogP contribution in [0, 0.1) is 0 Å². The smallest absolute Gasteiger partial charge is 0.488 e. The number of nitrogens with zero attached hydrogens (tertiary/aromatic N) is 1. The van der Waals surface area contributed by atoms with Crippen molar-refractivity contribution in [2.45, 2.75) is 17.9 Å². The standard InChI is InChI=1S/C17H12ClF3N2O4S2/c18-16-22-9-14(28-16)10-26-12-5-7-15(8-6-12)29(24,25)23-11-1-3-13(4-2-11)27-17(19,20)21/h1-9,23H,10H2. The zero-order valence-corrected chi connectivity index (χ0v) is 16.7. The molecule has 0 saturated carbocycles. The van der Waals surface area contributed by atoms with Crippen LogP contribution in [-0.4, -0.2) is 19.8 Å². The highest BCUT2D eigenvalue weighted by molar-refractivity contribution is 7.92. The molecule has 0 fully saturated rings. The fourth-order valence-corrected chi connectivity index (χ4v) is 4.11. The van der Waals surface area contributed by atoms with Crippen molar-refractivity contribution in [3.8, 4) is 11.5 Å². The van der Waals surface area contributed by atoms with Crippen LogP contribution in [0.25, 0.3) is 0 Å². The lowest BCUT2D eigenvalue weighted by Gasteiger charge is -2.11. The zero-order valence-electron chi connectivity index (χ0n) is 14.3. The number of aromatic nitrogens is 1. The number of hydrogen-bond donors (Lipinski definition) is 1. The molecule has 12 heteroatoms. The Labute approximate surface area is 172 Å². The molecule has 0 unspecified atom stereocenters. The van der Waals surface area contributed by atoms with E-state index in [2.05, 4.69) is 14.4 Å². The minimum absolute atomic E-state index is 0.0405. The third kappa shape index (κ3) is 6.24. The summed E-state index contributed by atoms with van der Waals surface area (Å²) in [7, 11) is -3.94. The van der Waals surface area contributed by atoms with Crippen molar-refractivity contribution in [2.24, 2.45) is 0 Å². The van der Waals surface area contributed by atoms with Gasteiger partial charge in [-0.25, -0.2) is 13.4 Å². The minimum atomic E-state index is -4.82. The van der Waals surface area contributed by atoms with Crippen LogP contribution < -0.4 is 14.2 Å². The van der Waals surface area contributed by atoms with Gasteiger partial charge in [0.2, 0.25) is 0 Å². The lowest BCUT2D eigenvalue weighted by Crippen LogP contribution is -2.17. The van der Waals surface area contributed by atoms with Gasteiger partial charge in [0.15, 0.2) is 4.47 Å². The first-order valence-corrected chi connectivity index (χ1v) is 10.5. The van der Waals surface area contributed by atoms with Crippen LogP contribution in [0.5, 0.6) is 11.5 Å². The molecule has 0 aliphatic carbocycles.